The highest BCUT2D eigenvalue weighted by Crippen LogP contribution is 2.45. The number of hydrogen-bond donors (Lipinski definition) is 0. The fourth-order valence-corrected chi connectivity index (χ4v) is 3.76. The van der Waals surface area contributed by atoms with Crippen molar-refractivity contribution in [1.29, 1.82) is 0 Å². The Kier molecular flexibility index (Phi) is 3.96. The zero-order valence-corrected chi connectivity index (χ0v) is 14.6. The highest BCUT2D eigenvalue weighted by molar-refractivity contribution is 5.75. The van der Waals surface area contributed by atoms with E-state index in [4.69, 9.17) is 23.7 Å². The van der Waals surface area contributed by atoms with Gasteiger partial charge in [-0.15, -0.1) is 0 Å². The van der Waals surface area contributed by atoms with Gasteiger partial charge in [0.15, 0.2) is 17.3 Å². The lowest BCUT2D eigenvalue weighted by Gasteiger charge is -2.29. The highest BCUT2D eigenvalue weighted by Gasteiger charge is 2.46. The molecule has 134 valence electrons. The quantitative estimate of drug-likeness (QED) is 0.784. The van der Waals surface area contributed by atoms with E-state index < -0.39 is 5.79 Å². The summed E-state index contributed by atoms with van der Waals surface area (Å²) in [4.78, 5) is 11.7. The van der Waals surface area contributed by atoms with Crippen molar-refractivity contribution in [3.8, 4) is 11.5 Å². The van der Waals surface area contributed by atoms with Crippen LogP contribution in [0.25, 0.3) is 5.57 Å². The van der Waals surface area contributed by atoms with E-state index in [0.717, 1.165) is 29.1 Å². The molecule has 3 aliphatic rings. The molecule has 2 aliphatic heterocycles. The van der Waals surface area contributed by atoms with Gasteiger partial charge in [-0.25, -0.2) is 0 Å². The van der Waals surface area contributed by atoms with Crippen LogP contribution < -0.4 is 9.47 Å². The second kappa shape index (κ2) is 6.04. The molecule has 2 heterocycles. The summed E-state index contributed by atoms with van der Waals surface area (Å²) in [5, 5.41) is 0. The summed E-state index contributed by atoms with van der Waals surface area (Å²) in [7, 11) is 1.41. The van der Waals surface area contributed by atoms with Crippen molar-refractivity contribution in [3.63, 3.8) is 0 Å². The summed E-state index contributed by atoms with van der Waals surface area (Å²) < 4.78 is 27.9. The second-order valence-corrected chi connectivity index (χ2v) is 7.06. The van der Waals surface area contributed by atoms with E-state index in [0.29, 0.717) is 6.42 Å². The molecule has 1 fully saturated rings. The molecule has 3 atom stereocenters. The predicted molar refractivity (Wildman–Crippen MR) is 89.1 cm³/mol. The lowest BCUT2D eigenvalue weighted by atomic mass is 9.82. The van der Waals surface area contributed by atoms with Crippen molar-refractivity contribution < 1.29 is 28.5 Å². The van der Waals surface area contributed by atoms with Gasteiger partial charge in [0.1, 0.15) is 6.10 Å². The lowest BCUT2D eigenvalue weighted by Crippen LogP contribution is -2.31. The highest BCUT2D eigenvalue weighted by atomic mass is 16.8. The standard InChI is InChI=1S/C19H22O6/c1-19(2)24-16-7-11(8-17(20)21-3)6-13(18(16)25-19)12-4-5-14-15(9-12)23-10-22-14/h4-6,9,11,16,18H,7-8,10H2,1-3H3/t11-,16-,18+/m0/s1. The number of allylic oxidation sites excluding steroid dienone is 1. The average molecular weight is 346 g/mol. The maximum absolute atomic E-state index is 11.7. The third kappa shape index (κ3) is 3.12. The fourth-order valence-electron chi connectivity index (χ4n) is 3.76. The zero-order valence-electron chi connectivity index (χ0n) is 14.6. The molecular formula is C19H22O6. The van der Waals surface area contributed by atoms with Gasteiger partial charge in [0.25, 0.3) is 0 Å². The molecule has 0 spiro atoms. The molecule has 1 aromatic carbocycles. The number of ether oxygens (including phenoxy) is 5. The van der Waals surface area contributed by atoms with Crippen molar-refractivity contribution in [3.05, 3.63) is 29.8 Å². The first kappa shape index (κ1) is 16.4. The third-order valence-corrected chi connectivity index (χ3v) is 4.80. The Bertz CT molecular complexity index is 723. The van der Waals surface area contributed by atoms with E-state index in [-0.39, 0.29) is 30.9 Å². The van der Waals surface area contributed by atoms with Gasteiger partial charge < -0.3 is 23.7 Å². The fraction of sp³-hybridized carbons (Fsp3) is 0.526. The van der Waals surface area contributed by atoms with Gasteiger partial charge in [-0.2, -0.15) is 0 Å². The molecule has 0 aromatic heterocycles. The van der Waals surface area contributed by atoms with Gasteiger partial charge in [-0.3, -0.25) is 4.79 Å². The van der Waals surface area contributed by atoms with Crippen LogP contribution in [0.15, 0.2) is 24.3 Å². The van der Waals surface area contributed by atoms with Gasteiger partial charge in [-0.05, 0) is 49.5 Å². The summed E-state index contributed by atoms with van der Waals surface area (Å²) >= 11 is 0. The number of methoxy groups -OCH3 is 1. The van der Waals surface area contributed by atoms with Crippen molar-refractivity contribution >= 4 is 11.5 Å². The first-order valence-corrected chi connectivity index (χ1v) is 8.49. The van der Waals surface area contributed by atoms with Crippen LogP contribution >= 0.6 is 0 Å². The van der Waals surface area contributed by atoms with Gasteiger partial charge in [-0.1, -0.05) is 12.1 Å². The van der Waals surface area contributed by atoms with Gasteiger partial charge >= 0.3 is 5.97 Å². The minimum Gasteiger partial charge on any atom is -0.469 e. The first-order chi connectivity index (χ1) is 11.9. The molecule has 0 saturated carbocycles. The van der Waals surface area contributed by atoms with E-state index in [1.807, 2.05) is 32.0 Å². The molecule has 0 unspecified atom stereocenters. The molecule has 1 aliphatic carbocycles. The number of benzene rings is 1. The van der Waals surface area contributed by atoms with Crippen LogP contribution in [0.4, 0.5) is 0 Å². The predicted octanol–water partition coefficient (Wildman–Crippen LogP) is 2.90. The number of hydrogen-bond acceptors (Lipinski definition) is 6. The van der Waals surface area contributed by atoms with Gasteiger partial charge in [0, 0.05) is 0 Å². The van der Waals surface area contributed by atoms with Crippen LogP contribution in [0.2, 0.25) is 0 Å². The normalized spacial score (nSPS) is 29.1. The molecule has 6 heteroatoms. The Balaban J connectivity index is 1.69. The van der Waals surface area contributed by atoms with E-state index in [2.05, 4.69) is 6.08 Å². The first-order valence-electron chi connectivity index (χ1n) is 8.49. The number of carbonyl (C=O) groups is 1. The largest absolute Gasteiger partial charge is 0.469 e. The minimum absolute atomic E-state index is 0.0478. The number of rotatable bonds is 3. The molecular weight excluding hydrogens is 324 g/mol. The lowest BCUT2D eigenvalue weighted by molar-refractivity contribution is -0.144. The Morgan fingerprint density at radius 1 is 1.24 bits per heavy atom. The molecule has 4 rings (SSSR count). The Morgan fingerprint density at radius 3 is 2.84 bits per heavy atom. The van der Waals surface area contributed by atoms with Crippen LogP contribution in [0, 0.1) is 5.92 Å². The van der Waals surface area contributed by atoms with Crippen LogP contribution in [0.5, 0.6) is 11.5 Å². The van der Waals surface area contributed by atoms with E-state index in [9.17, 15) is 4.79 Å². The number of carbonyl (C=O) groups excluding carboxylic acids is 1. The van der Waals surface area contributed by atoms with E-state index >= 15 is 0 Å². The van der Waals surface area contributed by atoms with E-state index in [1.54, 1.807) is 0 Å². The van der Waals surface area contributed by atoms with Crippen LogP contribution in [-0.2, 0) is 19.0 Å². The second-order valence-electron chi connectivity index (χ2n) is 7.06. The smallest absolute Gasteiger partial charge is 0.306 e. The minimum atomic E-state index is -0.648. The molecule has 0 radical (unpaired) electrons. The SMILES string of the molecule is COC(=O)C[C@H]1C=C(c2ccc3c(c2)OCO3)[C@H]2OC(C)(C)O[C@H]2C1. The van der Waals surface area contributed by atoms with Crippen molar-refractivity contribution in [2.24, 2.45) is 5.92 Å². The van der Waals surface area contributed by atoms with Crippen LogP contribution in [-0.4, -0.2) is 37.9 Å². The number of esters is 1. The van der Waals surface area contributed by atoms with Gasteiger partial charge in [0.05, 0.1) is 19.6 Å². The maximum Gasteiger partial charge on any atom is 0.306 e. The summed E-state index contributed by atoms with van der Waals surface area (Å²) in [5.41, 5.74) is 2.02. The average Bonchev–Trinajstić information content (AvgIpc) is 3.15. The molecule has 6 nitrogen and oxygen atoms in total. The third-order valence-electron chi connectivity index (χ3n) is 4.80. The van der Waals surface area contributed by atoms with Crippen LogP contribution in [0.3, 0.4) is 0 Å². The van der Waals surface area contributed by atoms with Crippen LogP contribution in [0.1, 0.15) is 32.3 Å². The Morgan fingerprint density at radius 2 is 2.04 bits per heavy atom. The Labute approximate surface area is 146 Å². The molecule has 0 N–H and O–H groups in total. The molecule has 25 heavy (non-hydrogen) atoms. The zero-order chi connectivity index (χ0) is 17.6. The topological polar surface area (TPSA) is 63.2 Å². The van der Waals surface area contributed by atoms with Crippen molar-refractivity contribution in [2.45, 2.75) is 44.7 Å². The van der Waals surface area contributed by atoms with Crippen molar-refractivity contribution in [2.75, 3.05) is 13.9 Å². The summed E-state index contributed by atoms with van der Waals surface area (Å²) in [5.74, 6) is 0.648. The van der Waals surface area contributed by atoms with E-state index in [1.165, 1.54) is 7.11 Å². The maximum atomic E-state index is 11.7. The number of fused-ring (bicyclic) bond motifs is 2. The summed E-state index contributed by atoms with van der Waals surface area (Å²) in [6, 6.07) is 5.85. The van der Waals surface area contributed by atoms with Crippen molar-refractivity contribution in [1.82, 2.24) is 0 Å². The monoisotopic (exact) mass is 346 g/mol. The van der Waals surface area contributed by atoms with Gasteiger partial charge in [0.2, 0.25) is 6.79 Å². The Hall–Kier alpha value is -2.05. The molecule has 0 bridgehead atoms. The summed E-state index contributed by atoms with van der Waals surface area (Å²) in [6.07, 6.45) is 2.93. The summed E-state index contributed by atoms with van der Waals surface area (Å²) in [6.45, 7) is 4.07. The molecule has 1 saturated heterocycles. The molecule has 0 amide bonds. The molecule has 1 aromatic rings.